The van der Waals surface area contributed by atoms with E-state index in [2.05, 4.69) is 9.88 Å². The summed E-state index contributed by atoms with van der Waals surface area (Å²) in [6, 6.07) is 10.2. The van der Waals surface area contributed by atoms with Crippen molar-refractivity contribution in [2.24, 2.45) is 4.40 Å². The van der Waals surface area contributed by atoms with Gasteiger partial charge in [-0.05, 0) is 41.8 Å². The van der Waals surface area contributed by atoms with Gasteiger partial charge in [0.2, 0.25) is 11.2 Å². The number of aromatic nitrogens is 1. The van der Waals surface area contributed by atoms with E-state index in [0.717, 1.165) is 5.56 Å². The number of ether oxygens (including phenoxy) is 1. The summed E-state index contributed by atoms with van der Waals surface area (Å²) < 4.78 is 54.7. The maximum atomic E-state index is 15.4. The SMILES string of the molecule is COc1cc(-c2ccc(F)c(C)c2)c(F)cc1-n1c2c(ccc1=O)CN(S(=O)/N=C1\CCON1)CC2. The summed E-state index contributed by atoms with van der Waals surface area (Å²) in [7, 11) is 1.45. The maximum absolute atomic E-state index is 15.4. The molecule has 1 aromatic heterocycles. The lowest BCUT2D eigenvalue weighted by Crippen LogP contribution is -2.36. The fourth-order valence-electron chi connectivity index (χ4n) is 4.40. The number of hydrogen-bond acceptors (Lipinski definition) is 4. The van der Waals surface area contributed by atoms with Gasteiger partial charge >= 0.3 is 0 Å². The molecule has 5 rings (SSSR count). The number of fused-ring (bicyclic) bond motifs is 1. The summed E-state index contributed by atoms with van der Waals surface area (Å²) in [5.74, 6) is -0.115. The second-order valence-corrected chi connectivity index (χ2v) is 9.69. The van der Waals surface area contributed by atoms with Gasteiger partial charge in [0.1, 0.15) is 23.2 Å². The normalized spacial score (nSPS) is 17.6. The number of halogens is 2. The van der Waals surface area contributed by atoms with Crippen LogP contribution in [0.2, 0.25) is 0 Å². The highest BCUT2D eigenvalue weighted by Crippen LogP contribution is 2.34. The summed E-state index contributed by atoms with van der Waals surface area (Å²) in [6.45, 7) is 2.78. The molecule has 1 fully saturated rings. The van der Waals surface area contributed by atoms with Crippen molar-refractivity contribution in [2.75, 3.05) is 20.3 Å². The smallest absolute Gasteiger partial charge is 0.255 e. The van der Waals surface area contributed by atoms with E-state index < -0.39 is 17.0 Å². The second-order valence-electron chi connectivity index (χ2n) is 8.53. The van der Waals surface area contributed by atoms with E-state index in [9.17, 15) is 13.4 Å². The first-order valence-electron chi connectivity index (χ1n) is 11.4. The zero-order valence-corrected chi connectivity index (χ0v) is 20.5. The Morgan fingerprint density at radius 1 is 1.11 bits per heavy atom. The Balaban J connectivity index is 1.53. The quantitative estimate of drug-likeness (QED) is 0.565. The molecule has 1 atom stereocenters. The minimum absolute atomic E-state index is 0.238. The number of methoxy groups -OCH3 is 1. The molecule has 36 heavy (non-hydrogen) atoms. The number of amidine groups is 1. The number of hydroxylamine groups is 1. The third-order valence-electron chi connectivity index (χ3n) is 6.25. The van der Waals surface area contributed by atoms with Crippen LogP contribution in [0.4, 0.5) is 8.78 Å². The Morgan fingerprint density at radius 3 is 2.67 bits per heavy atom. The van der Waals surface area contributed by atoms with E-state index in [1.54, 1.807) is 23.4 Å². The van der Waals surface area contributed by atoms with Gasteiger partial charge < -0.3 is 4.74 Å². The summed E-state index contributed by atoms with van der Waals surface area (Å²) in [6.07, 6.45) is 0.962. The van der Waals surface area contributed by atoms with Gasteiger partial charge in [-0.15, -0.1) is 0 Å². The molecule has 1 saturated heterocycles. The standard InChI is InChI=1S/C25H24F2N4O4S/c1-15-11-16(3-5-19(15)26)18-12-23(34-2)22(13-20(18)27)31-21-7-9-30(14-17(21)4-6-25(31)32)36(33)29-24-8-10-35-28-24/h3-6,11-13H,7-10,14H2,1-2H3,(H,28,29). The van der Waals surface area contributed by atoms with Crippen LogP contribution in [-0.4, -0.2) is 39.2 Å². The van der Waals surface area contributed by atoms with Gasteiger partial charge in [-0.3, -0.25) is 19.7 Å². The molecule has 8 nitrogen and oxygen atoms in total. The van der Waals surface area contributed by atoms with Crippen LogP contribution in [0, 0.1) is 18.6 Å². The molecule has 0 amide bonds. The lowest BCUT2D eigenvalue weighted by Gasteiger charge is -2.28. The van der Waals surface area contributed by atoms with Crippen LogP contribution in [0.15, 0.2) is 51.7 Å². The molecule has 1 N–H and O–H groups in total. The van der Waals surface area contributed by atoms with Crippen molar-refractivity contribution in [3.05, 3.63) is 81.3 Å². The van der Waals surface area contributed by atoms with Crippen molar-refractivity contribution in [2.45, 2.75) is 26.3 Å². The van der Waals surface area contributed by atoms with E-state index in [1.807, 2.05) is 0 Å². The predicted molar refractivity (Wildman–Crippen MR) is 132 cm³/mol. The summed E-state index contributed by atoms with van der Waals surface area (Å²) in [4.78, 5) is 18.0. The number of benzene rings is 2. The third-order valence-corrected chi connectivity index (χ3v) is 7.38. The number of nitrogens with one attached hydrogen (secondary N) is 1. The minimum Gasteiger partial charge on any atom is -0.495 e. The third kappa shape index (κ3) is 4.57. The fraction of sp³-hybridized carbons (Fsp3) is 0.280. The van der Waals surface area contributed by atoms with Crippen LogP contribution in [0.5, 0.6) is 5.75 Å². The average molecular weight is 515 g/mol. The Kier molecular flexibility index (Phi) is 6.69. The summed E-state index contributed by atoms with van der Waals surface area (Å²) in [5, 5.41) is 0. The van der Waals surface area contributed by atoms with Gasteiger partial charge in [0.05, 0.1) is 19.4 Å². The first kappa shape index (κ1) is 24.3. The highest BCUT2D eigenvalue weighted by molar-refractivity contribution is 7.81. The van der Waals surface area contributed by atoms with Gasteiger partial charge in [0, 0.05) is 49.3 Å². The Bertz CT molecular complexity index is 1450. The Labute approximate surface area is 208 Å². The van der Waals surface area contributed by atoms with Gasteiger partial charge in [-0.25, -0.2) is 17.3 Å². The topological polar surface area (TPSA) is 85.2 Å². The van der Waals surface area contributed by atoms with Crippen molar-refractivity contribution in [3.63, 3.8) is 0 Å². The zero-order valence-electron chi connectivity index (χ0n) is 19.7. The molecule has 188 valence electrons. The lowest BCUT2D eigenvalue weighted by atomic mass is 10.0. The van der Waals surface area contributed by atoms with Gasteiger partial charge in [0.15, 0.2) is 0 Å². The molecule has 0 saturated carbocycles. The molecule has 2 aliphatic heterocycles. The maximum Gasteiger partial charge on any atom is 0.255 e. The number of rotatable bonds is 5. The monoisotopic (exact) mass is 514 g/mol. The zero-order chi connectivity index (χ0) is 25.4. The van der Waals surface area contributed by atoms with Crippen molar-refractivity contribution >= 4 is 17.0 Å². The molecule has 0 bridgehead atoms. The molecule has 1 unspecified atom stereocenters. The highest BCUT2D eigenvalue weighted by atomic mass is 32.2. The minimum atomic E-state index is -1.62. The Morgan fingerprint density at radius 2 is 1.94 bits per heavy atom. The summed E-state index contributed by atoms with van der Waals surface area (Å²) in [5.41, 5.74) is 5.18. The first-order chi connectivity index (χ1) is 17.4. The molecule has 0 radical (unpaired) electrons. The largest absolute Gasteiger partial charge is 0.495 e. The molecule has 3 aromatic rings. The van der Waals surface area contributed by atoms with Crippen molar-refractivity contribution in [1.82, 2.24) is 14.4 Å². The molecular formula is C25H24F2N4O4S. The number of nitrogens with zero attached hydrogens (tertiary/aromatic N) is 3. The molecule has 0 spiro atoms. The van der Waals surface area contributed by atoms with Crippen LogP contribution in [-0.2, 0) is 29.0 Å². The van der Waals surface area contributed by atoms with E-state index >= 15 is 4.39 Å². The molecule has 2 aliphatic rings. The van der Waals surface area contributed by atoms with Crippen LogP contribution in [0.3, 0.4) is 0 Å². The van der Waals surface area contributed by atoms with Crippen molar-refractivity contribution < 1.29 is 22.6 Å². The second kappa shape index (κ2) is 9.92. The number of aryl methyl sites for hydroxylation is 1. The average Bonchev–Trinajstić information content (AvgIpc) is 3.38. The van der Waals surface area contributed by atoms with Gasteiger partial charge in [0.25, 0.3) is 5.56 Å². The van der Waals surface area contributed by atoms with Crippen molar-refractivity contribution in [3.8, 4) is 22.6 Å². The van der Waals surface area contributed by atoms with E-state index in [1.165, 1.54) is 42.0 Å². The van der Waals surface area contributed by atoms with E-state index in [-0.39, 0.29) is 22.6 Å². The van der Waals surface area contributed by atoms with Crippen molar-refractivity contribution in [1.29, 1.82) is 0 Å². The molecular weight excluding hydrogens is 490 g/mol. The van der Waals surface area contributed by atoms with E-state index in [0.29, 0.717) is 60.9 Å². The van der Waals surface area contributed by atoms with Crippen LogP contribution >= 0.6 is 0 Å². The van der Waals surface area contributed by atoms with Gasteiger partial charge in [-0.2, -0.15) is 4.40 Å². The Hall–Kier alpha value is -3.41. The molecule has 0 aliphatic carbocycles. The number of pyridine rings is 1. The fourth-order valence-corrected chi connectivity index (χ4v) is 5.33. The van der Waals surface area contributed by atoms with Crippen LogP contribution in [0.25, 0.3) is 16.8 Å². The number of hydrogen-bond donors (Lipinski definition) is 1. The summed E-state index contributed by atoms with van der Waals surface area (Å²) >= 11 is -1.62. The molecule has 11 heteroatoms. The van der Waals surface area contributed by atoms with Crippen LogP contribution < -0.4 is 15.8 Å². The first-order valence-corrected chi connectivity index (χ1v) is 12.4. The highest BCUT2D eigenvalue weighted by Gasteiger charge is 2.26. The van der Waals surface area contributed by atoms with E-state index in [4.69, 9.17) is 9.57 Å². The predicted octanol–water partition coefficient (Wildman–Crippen LogP) is 3.36. The lowest BCUT2D eigenvalue weighted by molar-refractivity contribution is 0.122. The van der Waals surface area contributed by atoms with Gasteiger partial charge in [-0.1, -0.05) is 12.1 Å². The van der Waals surface area contributed by atoms with Crippen LogP contribution in [0.1, 0.15) is 23.2 Å². The molecule has 3 heterocycles. The molecule has 2 aromatic carbocycles.